The van der Waals surface area contributed by atoms with Crippen molar-refractivity contribution in [3.63, 3.8) is 0 Å². The van der Waals surface area contributed by atoms with Crippen LogP contribution < -0.4 is 10.5 Å². The van der Waals surface area contributed by atoms with E-state index in [1.54, 1.807) is 17.5 Å². The summed E-state index contributed by atoms with van der Waals surface area (Å²) in [7, 11) is -3.66. The van der Waals surface area contributed by atoms with E-state index in [0.717, 1.165) is 19.1 Å². The summed E-state index contributed by atoms with van der Waals surface area (Å²) in [4.78, 5) is 12.5. The van der Waals surface area contributed by atoms with Crippen LogP contribution in [0.4, 0.5) is 0 Å². The third-order valence-electron chi connectivity index (χ3n) is 2.17. The lowest BCUT2D eigenvalue weighted by Gasteiger charge is -2.00. The number of amides is 1. The van der Waals surface area contributed by atoms with Gasteiger partial charge in [-0.05, 0) is 40.8 Å². The van der Waals surface area contributed by atoms with Crippen LogP contribution in [0.25, 0.3) is 0 Å². The number of sulfonamides is 1. The average Bonchev–Trinajstić information content (AvgIpc) is 2.93. The predicted octanol–water partition coefficient (Wildman–Crippen LogP) is 1.99. The van der Waals surface area contributed by atoms with Gasteiger partial charge in [0, 0.05) is 10.3 Å². The Hall–Kier alpha value is -0.490. The van der Waals surface area contributed by atoms with E-state index >= 15 is 0 Å². The van der Waals surface area contributed by atoms with Gasteiger partial charge in [-0.2, -0.15) is 0 Å². The van der Waals surface area contributed by atoms with Crippen molar-refractivity contribution in [2.24, 2.45) is 5.14 Å². The molecule has 2 heterocycles. The second-order valence-corrected chi connectivity index (χ2v) is 9.35. The molecule has 0 spiro atoms. The van der Waals surface area contributed by atoms with Crippen molar-refractivity contribution in [1.29, 1.82) is 0 Å². The van der Waals surface area contributed by atoms with Crippen LogP contribution in [0.5, 0.6) is 0 Å². The monoisotopic (exact) mass is 428 g/mol. The lowest BCUT2D eigenvalue weighted by atomic mass is 10.3. The Bertz CT molecular complexity index is 705. The molecule has 0 aliphatic rings. The van der Waals surface area contributed by atoms with Crippen molar-refractivity contribution in [2.75, 3.05) is 0 Å². The maximum Gasteiger partial charge on any atom is 0.252 e. The molecule has 0 saturated carbocycles. The van der Waals surface area contributed by atoms with E-state index in [0.29, 0.717) is 5.56 Å². The van der Waals surface area contributed by atoms with Crippen LogP contribution in [0.1, 0.15) is 15.2 Å². The van der Waals surface area contributed by atoms with Gasteiger partial charge in [-0.15, -0.1) is 22.7 Å². The highest BCUT2D eigenvalue weighted by Crippen LogP contribution is 2.20. The number of carbonyl (C=O) groups is 1. The zero-order valence-corrected chi connectivity index (χ0v) is 14.0. The van der Waals surface area contributed by atoms with E-state index in [9.17, 15) is 13.2 Å². The summed E-state index contributed by atoms with van der Waals surface area (Å²) in [6.07, 6.45) is 0. The molecule has 0 radical (unpaired) electrons. The summed E-state index contributed by atoms with van der Waals surface area (Å²) in [5.74, 6) is -0.176. The summed E-state index contributed by atoms with van der Waals surface area (Å²) in [5, 5.41) is 9.53. The van der Waals surface area contributed by atoms with E-state index in [2.05, 4.69) is 27.9 Å². The standard InChI is InChI=1S/C10H9IN2O3S3/c11-8-3-6(5-17-8)10(14)13-4-7-1-2-9(18-7)19(12,15)16/h1-3,5H,4H2,(H,13,14)(H2,12,15,16). The first kappa shape index (κ1) is 14.9. The molecular weight excluding hydrogens is 419 g/mol. The number of carbonyl (C=O) groups excluding carboxylic acids is 1. The minimum atomic E-state index is -3.66. The van der Waals surface area contributed by atoms with E-state index in [1.807, 2.05) is 0 Å². The molecular formula is C10H9IN2O3S3. The maximum atomic E-state index is 11.8. The Morgan fingerprint density at radius 1 is 1.42 bits per heavy atom. The van der Waals surface area contributed by atoms with Gasteiger partial charge in [0.25, 0.3) is 5.91 Å². The first-order valence-corrected chi connectivity index (χ1v) is 9.32. The smallest absolute Gasteiger partial charge is 0.252 e. The molecule has 0 bridgehead atoms. The first-order valence-electron chi connectivity index (χ1n) is 5.00. The molecule has 0 unspecified atom stereocenters. The summed E-state index contributed by atoms with van der Waals surface area (Å²) < 4.78 is 23.4. The fourth-order valence-electron chi connectivity index (χ4n) is 1.30. The highest BCUT2D eigenvalue weighted by molar-refractivity contribution is 14.1. The number of rotatable bonds is 4. The van der Waals surface area contributed by atoms with E-state index in [1.165, 1.54) is 17.4 Å². The molecule has 0 aromatic carbocycles. The van der Waals surface area contributed by atoms with Crippen LogP contribution in [0.2, 0.25) is 0 Å². The molecule has 3 N–H and O–H groups in total. The lowest BCUT2D eigenvalue weighted by Crippen LogP contribution is -2.21. The molecule has 5 nitrogen and oxygen atoms in total. The Morgan fingerprint density at radius 2 is 2.16 bits per heavy atom. The van der Waals surface area contributed by atoms with Crippen LogP contribution in [0.15, 0.2) is 27.8 Å². The summed E-state index contributed by atoms with van der Waals surface area (Å²) in [6.45, 7) is 0.283. The first-order chi connectivity index (χ1) is 8.86. The van der Waals surface area contributed by atoms with Crippen LogP contribution in [0.3, 0.4) is 0 Å². The molecule has 0 fully saturated rings. The molecule has 0 atom stereocenters. The van der Waals surface area contributed by atoms with E-state index in [-0.39, 0.29) is 16.7 Å². The normalized spacial score (nSPS) is 11.5. The van der Waals surface area contributed by atoms with Crippen LogP contribution in [-0.4, -0.2) is 14.3 Å². The van der Waals surface area contributed by atoms with Crippen molar-refractivity contribution in [1.82, 2.24) is 5.32 Å². The summed E-state index contributed by atoms with van der Waals surface area (Å²) >= 11 is 4.70. The molecule has 19 heavy (non-hydrogen) atoms. The van der Waals surface area contributed by atoms with Gasteiger partial charge in [-0.3, -0.25) is 4.79 Å². The minimum Gasteiger partial charge on any atom is -0.347 e. The Morgan fingerprint density at radius 3 is 2.68 bits per heavy atom. The Balaban J connectivity index is 1.99. The minimum absolute atomic E-state index is 0.0989. The van der Waals surface area contributed by atoms with Gasteiger partial charge in [-0.25, -0.2) is 13.6 Å². The number of hydrogen-bond donors (Lipinski definition) is 2. The number of halogens is 1. The van der Waals surface area contributed by atoms with Crippen molar-refractivity contribution in [3.8, 4) is 0 Å². The topological polar surface area (TPSA) is 89.3 Å². The average molecular weight is 428 g/mol. The lowest BCUT2D eigenvalue weighted by molar-refractivity contribution is 0.0951. The van der Waals surface area contributed by atoms with Gasteiger partial charge in [0.15, 0.2) is 0 Å². The maximum absolute atomic E-state index is 11.8. The Kier molecular flexibility index (Phi) is 4.61. The second kappa shape index (κ2) is 5.87. The molecule has 9 heteroatoms. The van der Waals surface area contributed by atoms with E-state index in [4.69, 9.17) is 5.14 Å². The predicted molar refractivity (Wildman–Crippen MR) is 83.9 cm³/mol. The van der Waals surface area contributed by atoms with Gasteiger partial charge >= 0.3 is 0 Å². The largest absolute Gasteiger partial charge is 0.347 e. The molecule has 0 aliphatic heterocycles. The molecule has 2 rings (SSSR count). The van der Waals surface area contributed by atoms with Crippen LogP contribution >= 0.6 is 45.3 Å². The van der Waals surface area contributed by atoms with Gasteiger partial charge in [0.05, 0.1) is 15.0 Å². The quantitative estimate of drug-likeness (QED) is 0.731. The molecule has 102 valence electrons. The Labute approximate surface area is 132 Å². The fourth-order valence-corrected chi connectivity index (χ4v) is 4.35. The molecule has 1 amide bonds. The van der Waals surface area contributed by atoms with Crippen molar-refractivity contribution >= 4 is 61.2 Å². The number of thiophene rings is 2. The van der Waals surface area contributed by atoms with Gasteiger partial charge in [0.2, 0.25) is 10.0 Å². The number of nitrogens with one attached hydrogen (secondary N) is 1. The van der Waals surface area contributed by atoms with Crippen molar-refractivity contribution in [3.05, 3.63) is 36.9 Å². The van der Waals surface area contributed by atoms with Crippen LogP contribution in [0, 0.1) is 2.88 Å². The molecule has 2 aromatic heterocycles. The zero-order chi connectivity index (χ0) is 14.0. The number of nitrogens with two attached hydrogens (primary N) is 1. The number of hydrogen-bond acceptors (Lipinski definition) is 5. The molecule has 0 aliphatic carbocycles. The summed E-state index contributed by atoms with van der Waals surface area (Å²) in [5.41, 5.74) is 0.609. The second-order valence-electron chi connectivity index (χ2n) is 3.59. The van der Waals surface area contributed by atoms with Crippen molar-refractivity contribution in [2.45, 2.75) is 10.8 Å². The molecule has 2 aromatic rings. The van der Waals surface area contributed by atoms with Crippen molar-refractivity contribution < 1.29 is 13.2 Å². The third kappa shape index (κ3) is 3.99. The third-order valence-corrected chi connectivity index (χ3v) is 6.48. The summed E-state index contributed by atoms with van der Waals surface area (Å²) in [6, 6.07) is 4.88. The number of primary sulfonamides is 1. The highest BCUT2D eigenvalue weighted by Gasteiger charge is 2.12. The SMILES string of the molecule is NS(=O)(=O)c1ccc(CNC(=O)c2csc(I)c2)s1. The van der Waals surface area contributed by atoms with Crippen LogP contribution in [-0.2, 0) is 16.6 Å². The van der Waals surface area contributed by atoms with Gasteiger partial charge in [0.1, 0.15) is 4.21 Å². The van der Waals surface area contributed by atoms with Gasteiger partial charge < -0.3 is 5.32 Å². The molecule has 0 saturated heterocycles. The fraction of sp³-hybridized carbons (Fsp3) is 0.100. The van der Waals surface area contributed by atoms with Gasteiger partial charge in [-0.1, -0.05) is 0 Å². The highest BCUT2D eigenvalue weighted by atomic mass is 127. The van der Waals surface area contributed by atoms with E-state index < -0.39 is 10.0 Å². The zero-order valence-electron chi connectivity index (χ0n) is 9.42.